The molecule has 0 atom stereocenters. The third-order valence-corrected chi connectivity index (χ3v) is 6.22. The number of amides is 1. The van der Waals surface area contributed by atoms with Crippen molar-refractivity contribution < 1.29 is 14.3 Å². The van der Waals surface area contributed by atoms with Crippen molar-refractivity contribution in [1.29, 1.82) is 0 Å². The molecule has 0 aromatic rings. The van der Waals surface area contributed by atoms with E-state index in [0.717, 1.165) is 52.0 Å². The van der Waals surface area contributed by atoms with Gasteiger partial charge >= 0.3 is 5.97 Å². The van der Waals surface area contributed by atoms with Gasteiger partial charge in [0.2, 0.25) is 5.91 Å². The maximum absolute atomic E-state index is 12.1. The van der Waals surface area contributed by atoms with E-state index < -0.39 is 0 Å². The molecule has 3 aliphatic heterocycles. The van der Waals surface area contributed by atoms with Gasteiger partial charge in [-0.05, 0) is 52.2 Å². The lowest BCUT2D eigenvalue weighted by molar-refractivity contribution is -0.145. The monoisotopic (exact) mass is 380 g/mol. The summed E-state index contributed by atoms with van der Waals surface area (Å²) >= 11 is 0. The van der Waals surface area contributed by atoms with Gasteiger partial charge in [0.15, 0.2) is 0 Å². The Balaban J connectivity index is 1.25. The van der Waals surface area contributed by atoms with Gasteiger partial charge in [-0.25, -0.2) is 0 Å². The smallest absolute Gasteiger partial charge is 0.320 e. The van der Waals surface area contributed by atoms with Gasteiger partial charge in [0, 0.05) is 51.7 Å². The Kier molecular flexibility index (Phi) is 7.91. The summed E-state index contributed by atoms with van der Waals surface area (Å²) in [5, 5.41) is 0. The summed E-state index contributed by atoms with van der Waals surface area (Å²) < 4.78 is 5.39. The highest BCUT2D eigenvalue weighted by Crippen LogP contribution is 2.17. The van der Waals surface area contributed by atoms with Crippen LogP contribution in [-0.2, 0) is 14.3 Å². The topological polar surface area (TPSA) is 56.3 Å². The van der Waals surface area contributed by atoms with Crippen LogP contribution in [0.15, 0.2) is 0 Å². The van der Waals surface area contributed by atoms with Crippen molar-refractivity contribution in [1.82, 2.24) is 19.6 Å². The molecular weight excluding hydrogens is 344 g/mol. The van der Waals surface area contributed by atoms with Crippen LogP contribution in [0, 0.1) is 0 Å². The molecule has 27 heavy (non-hydrogen) atoms. The fourth-order valence-corrected chi connectivity index (χ4v) is 4.41. The summed E-state index contributed by atoms with van der Waals surface area (Å²) in [5.41, 5.74) is 0. The molecule has 3 aliphatic rings. The van der Waals surface area contributed by atoms with Gasteiger partial charge in [-0.2, -0.15) is 0 Å². The minimum Gasteiger partial charge on any atom is -0.465 e. The Bertz CT molecular complexity index is 486. The van der Waals surface area contributed by atoms with Crippen molar-refractivity contribution in [2.45, 2.75) is 44.6 Å². The van der Waals surface area contributed by atoms with Gasteiger partial charge in [-0.15, -0.1) is 0 Å². The summed E-state index contributed by atoms with van der Waals surface area (Å²) in [5.74, 6) is 0.114. The molecule has 1 amide bonds. The largest absolute Gasteiger partial charge is 0.465 e. The van der Waals surface area contributed by atoms with Gasteiger partial charge in [-0.3, -0.25) is 19.4 Å². The Hall–Kier alpha value is -1.18. The third-order valence-electron chi connectivity index (χ3n) is 6.22. The molecule has 0 unspecified atom stereocenters. The second-order valence-corrected chi connectivity index (χ2v) is 8.26. The average molecular weight is 381 g/mol. The first-order valence-electron chi connectivity index (χ1n) is 10.7. The molecule has 3 saturated heterocycles. The van der Waals surface area contributed by atoms with Gasteiger partial charge < -0.3 is 14.5 Å². The van der Waals surface area contributed by atoms with Gasteiger partial charge in [0.05, 0.1) is 13.2 Å². The summed E-state index contributed by atoms with van der Waals surface area (Å²) in [7, 11) is 2.20. The molecule has 0 radical (unpaired) electrons. The van der Waals surface area contributed by atoms with E-state index in [4.69, 9.17) is 4.74 Å². The summed E-state index contributed by atoms with van der Waals surface area (Å²) in [6, 6.07) is 0.716. The number of esters is 1. The second-order valence-electron chi connectivity index (χ2n) is 8.26. The second kappa shape index (κ2) is 10.4. The van der Waals surface area contributed by atoms with Crippen molar-refractivity contribution in [2.24, 2.45) is 0 Å². The van der Waals surface area contributed by atoms with Crippen LogP contribution in [0.3, 0.4) is 0 Å². The molecule has 7 nitrogen and oxygen atoms in total. The van der Waals surface area contributed by atoms with E-state index in [1.54, 1.807) is 0 Å². The minimum atomic E-state index is -0.132. The normalized spacial score (nSPS) is 24.3. The van der Waals surface area contributed by atoms with Crippen molar-refractivity contribution in [2.75, 3.05) is 72.6 Å². The zero-order valence-electron chi connectivity index (χ0n) is 16.9. The van der Waals surface area contributed by atoms with Crippen molar-refractivity contribution in [3.8, 4) is 0 Å². The molecule has 0 aromatic carbocycles. The van der Waals surface area contributed by atoms with Crippen LogP contribution in [-0.4, -0.2) is 110 Å². The van der Waals surface area contributed by atoms with Crippen molar-refractivity contribution in [3.05, 3.63) is 0 Å². The van der Waals surface area contributed by atoms with E-state index in [2.05, 4.69) is 21.7 Å². The lowest BCUT2D eigenvalue weighted by Crippen LogP contribution is -2.53. The molecule has 0 saturated carbocycles. The lowest BCUT2D eigenvalue weighted by Gasteiger charge is -2.42. The number of likely N-dealkylation sites (tertiary alicyclic amines) is 2. The Labute approximate surface area is 163 Å². The van der Waals surface area contributed by atoms with Crippen LogP contribution in [0.2, 0.25) is 0 Å². The Morgan fingerprint density at radius 3 is 2.48 bits per heavy atom. The van der Waals surface area contributed by atoms with E-state index >= 15 is 0 Å². The summed E-state index contributed by atoms with van der Waals surface area (Å²) in [4.78, 5) is 33.0. The Morgan fingerprint density at radius 2 is 1.78 bits per heavy atom. The van der Waals surface area contributed by atoms with Gasteiger partial charge in [-0.1, -0.05) is 0 Å². The van der Waals surface area contributed by atoms with Gasteiger partial charge in [0.25, 0.3) is 0 Å². The molecule has 0 spiro atoms. The fourth-order valence-electron chi connectivity index (χ4n) is 4.41. The lowest BCUT2D eigenvalue weighted by atomic mass is 10.0. The first-order chi connectivity index (χ1) is 13.1. The summed E-state index contributed by atoms with van der Waals surface area (Å²) in [6.45, 7) is 8.77. The molecule has 0 bridgehead atoms. The molecule has 0 aromatic heterocycles. The number of nitrogens with zero attached hydrogens (tertiary/aromatic N) is 4. The standard InChI is InChI=1S/C20H36N4O3/c1-21-10-6-18(7-11-21)23-14-12-22(13-15-23)17-20(26)27-16-4-9-24-8-3-2-5-19(24)25/h18H,2-17H2,1H3. The first kappa shape index (κ1) is 20.6. The predicted molar refractivity (Wildman–Crippen MR) is 105 cm³/mol. The molecule has 3 rings (SSSR count). The van der Waals surface area contributed by atoms with Crippen LogP contribution in [0.25, 0.3) is 0 Å². The predicted octanol–water partition coefficient (Wildman–Crippen LogP) is 0.644. The number of piperidine rings is 2. The minimum absolute atomic E-state index is 0.132. The van der Waals surface area contributed by atoms with E-state index in [1.165, 1.54) is 25.9 Å². The van der Waals surface area contributed by atoms with E-state index in [1.807, 2.05) is 4.90 Å². The molecule has 0 aliphatic carbocycles. The van der Waals surface area contributed by atoms with Crippen molar-refractivity contribution >= 4 is 11.9 Å². The number of carbonyl (C=O) groups excluding carboxylic acids is 2. The maximum Gasteiger partial charge on any atom is 0.320 e. The van der Waals surface area contributed by atoms with Crippen LogP contribution < -0.4 is 0 Å². The molecule has 0 N–H and O–H groups in total. The number of hydrogen-bond donors (Lipinski definition) is 0. The number of ether oxygens (including phenoxy) is 1. The zero-order chi connectivity index (χ0) is 19.1. The number of hydrogen-bond acceptors (Lipinski definition) is 6. The van der Waals surface area contributed by atoms with E-state index in [0.29, 0.717) is 32.2 Å². The first-order valence-corrected chi connectivity index (χ1v) is 10.7. The fraction of sp³-hybridized carbons (Fsp3) is 0.900. The van der Waals surface area contributed by atoms with Crippen molar-refractivity contribution in [3.63, 3.8) is 0 Å². The highest BCUT2D eigenvalue weighted by Gasteiger charge is 2.27. The van der Waals surface area contributed by atoms with Gasteiger partial charge in [0.1, 0.15) is 0 Å². The summed E-state index contributed by atoms with van der Waals surface area (Å²) in [6.07, 6.45) is 6.03. The molecule has 3 heterocycles. The molecule has 154 valence electrons. The molecular formula is C20H36N4O3. The average Bonchev–Trinajstić information content (AvgIpc) is 2.68. The highest BCUT2D eigenvalue weighted by atomic mass is 16.5. The molecule has 3 fully saturated rings. The zero-order valence-corrected chi connectivity index (χ0v) is 16.9. The third kappa shape index (κ3) is 6.43. The number of carbonyl (C=O) groups is 2. The van der Waals surface area contributed by atoms with Crippen LogP contribution in [0.4, 0.5) is 0 Å². The van der Waals surface area contributed by atoms with E-state index in [-0.39, 0.29) is 11.9 Å². The number of piperazine rings is 1. The number of rotatable bonds is 7. The Morgan fingerprint density at radius 1 is 1.04 bits per heavy atom. The quantitative estimate of drug-likeness (QED) is 0.477. The van der Waals surface area contributed by atoms with Crippen LogP contribution >= 0.6 is 0 Å². The van der Waals surface area contributed by atoms with Crippen LogP contribution in [0.5, 0.6) is 0 Å². The van der Waals surface area contributed by atoms with E-state index in [9.17, 15) is 9.59 Å². The molecule has 7 heteroatoms. The SMILES string of the molecule is CN1CCC(N2CCN(CC(=O)OCCCN3CCCCC3=O)CC2)CC1. The maximum atomic E-state index is 12.1. The highest BCUT2D eigenvalue weighted by molar-refractivity contribution is 5.76. The van der Waals surface area contributed by atoms with Crippen LogP contribution in [0.1, 0.15) is 38.5 Å².